The van der Waals surface area contributed by atoms with Crippen LogP contribution in [0.4, 0.5) is 0 Å². The molecule has 4 aromatic rings. The summed E-state index contributed by atoms with van der Waals surface area (Å²) in [6, 6.07) is 12.8. The van der Waals surface area contributed by atoms with Crippen LogP contribution >= 0.6 is 0 Å². The first-order valence-electron chi connectivity index (χ1n) is 15.6. The van der Waals surface area contributed by atoms with Crippen LogP contribution in [-0.4, -0.2) is 61.0 Å². The molecule has 0 atom stereocenters. The van der Waals surface area contributed by atoms with Crippen LogP contribution in [0.5, 0.6) is 11.5 Å². The van der Waals surface area contributed by atoms with Gasteiger partial charge in [0.2, 0.25) is 5.91 Å². The predicted molar refractivity (Wildman–Crippen MR) is 171 cm³/mol. The van der Waals surface area contributed by atoms with Gasteiger partial charge in [-0.2, -0.15) is 5.10 Å². The molecule has 0 bridgehead atoms. The fourth-order valence-electron chi connectivity index (χ4n) is 6.47. The Morgan fingerprint density at radius 3 is 2.41 bits per heavy atom. The minimum atomic E-state index is -1.04. The minimum Gasteiger partial charge on any atom is -0.490 e. The third kappa shape index (κ3) is 6.85. The van der Waals surface area contributed by atoms with Crippen LogP contribution in [0.1, 0.15) is 75.0 Å². The molecular formula is C35H41N5O6. The normalized spacial score (nSPS) is 21.0. The van der Waals surface area contributed by atoms with Gasteiger partial charge in [0, 0.05) is 23.4 Å². The summed E-state index contributed by atoms with van der Waals surface area (Å²) in [5, 5.41) is 27.6. The number of ether oxygens (including phenoxy) is 2. The Bertz CT molecular complexity index is 1760. The molecule has 1 aromatic carbocycles. The van der Waals surface area contributed by atoms with Gasteiger partial charge in [0.25, 0.3) is 5.91 Å². The lowest BCUT2D eigenvalue weighted by Gasteiger charge is -2.57. The Morgan fingerprint density at radius 2 is 1.76 bits per heavy atom. The summed E-state index contributed by atoms with van der Waals surface area (Å²) < 4.78 is 13.6. The molecule has 5 N–H and O–H groups in total. The molecule has 1 spiro atoms. The van der Waals surface area contributed by atoms with Crippen LogP contribution in [0.15, 0.2) is 61.1 Å². The number of hydrogen-bond acceptors (Lipinski definition) is 8. The van der Waals surface area contributed by atoms with Crippen molar-refractivity contribution in [3.63, 3.8) is 0 Å². The number of nitrogens with zero attached hydrogens (tertiary/aromatic N) is 3. The Balaban J connectivity index is 1.01. The van der Waals surface area contributed by atoms with Crippen molar-refractivity contribution in [2.45, 2.75) is 83.1 Å². The number of benzene rings is 1. The lowest BCUT2D eigenvalue weighted by atomic mass is 9.53. The molecule has 2 amide bonds. The number of aliphatic hydroxyl groups is 2. The van der Waals surface area contributed by atoms with Crippen molar-refractivity contribution >= 4 is 17.3 Å². The van der Waals surface area contributed by atoms with E-state index in [-0.39, 0.29) is 36.5 Å². The fourth-order valence-corrected chi connectivity index (χ4v) is 6.47. The number of fused-ring (bicyclic) bond motifs is 1. The number of nitrogens with one attached hydrogen (secondary N) is 1. The van der Waals surface area contributed by atoms with Crippen LogP contribution in [0.3, 0.4) is 0 Å². The van der Waals surface area contributed by atoms with Gasteiger partial charge in [0.15, 0.2) is 0 Å². The second-order valence-corrected chi connectivity index (χ2v) is 14.0. The molecule has 2 fully saturated rings. The number of amides is 2. The Kier molecular flexibility index (Phi) is 8.02. The number of primary amides is 1. The fraction of sp³-hybridized carbons (Fsp3) is 0.429. The standard InChI is InChI=1S/C35H41N5O6/c1-33(2,43)20-45-25-7-9-28-23(18-38-40(28)19-25)12-31(41)39-24-13-35(14-24)15-26(16-35)46-29-11-21(5-8-27(29)32(36)42)22-6-10-30(37-17-22)34(3,4)44/h5-11,17-19,24,26,43-44H,12-16,20H2,1-4H3,(H2,36,42)(H,39,41). The second-order valence-electron chi connectivity index (χ2n) is 14.0. The van der Waals surface area contributed by atoms with Crippen molar-refractivity contribution in [3.05, 3.63) is 77.9 Å². The molecular weight excluding hydrogens is 586 g/mol. The number of carbonyl (C=O) groups is 2. The first-order valence-corrected chi connectivity index (χ1v) is 15.6. The largest absolute Gasteiger partial charge is 0.490 e. The first-order chi connectivity index (χ1) is 21.7. The third-order valence-electron chi connectivity index (χ3n) is 8.82. The Labute approximate surface area is 267 Å². The van der Waals surface area contributed by atoms with Crippen LogP contribution in [0.2, 0.25) is 0 Å². The Morgan fingerprint density at radius 1 is 1.02 bits per heavy atom. The number of carbonyl (C=O) groups excluding carboxylic acids is 2. The molecule has 11 heteroatoms. The molecule has 46 heavy (non-hydrogen) atoms. The van der Waals surface area contributed by atoms with E-state index in [1.807, 2.05) is 30.3 Å². The van der Waals surface area contributed by atoms with E-state index in [9.17, 15) is 19.8 Å². The maximum atomic E-state index is 12.9. The molecule has 2 saturated carbocycles. The molecule has 2 aliphatic carbocycles. The summed E-state index contributed by atoms with van der Waals surface area (Å²) in [5.74, 6) is 0.440. The van der Waals surface area contributed by atoms with E-state index in [1.54, 1.807) is 62.9 Å². The number of aromatic nitrogens is 3. The smallest absolute Gasteiger partial charge is 0.252 e. The second kappa shape index (κ2) is 11.7. The maximum absolute atomic E-state index is 12.9. The molecule has 0 aliphatic heterocycles. The highest BCUT2D eigenvalue weighted by Crippen LogP contribution is 2.57. The predicted octanol–water partition coefficient (Wildman–Crippen LogP) is 3.92. The molecule has 6 rings (SSSR count). The van der Waals surface area contributed by atoms with Gasteiger partial charge in [-0.25, -0.2) is 4.52 Å². The Hall–Kier alpha value is -4.48. The SMILES string of the molecule is CC(C)(O)COc1ccc2c(CC(=O)NC3CC4(C3)CC(Oc3cc(-c5ccc(C(C)(C)O)nc5)ccc3C(N)=O)C4)cnn2c1. The number of hydrogen-bond donors (Lipinski definition) is 4. The van der Waals surface area contributed by atoms with Crippen molar-refractivity contribution in [1.29, 1.82) is 0 Å². The van der Waals surface area contributed by atoms with Gasteiger partial charge in [-0.05, 0) is 94.7 Å². The van der Waals surface area contributed by atoms with Gasteiger partial charge in [0.1, 0.15) is 23.7 Å². The zero-order valence-corrected chi connectivity index (χ0v) is 26.6. The quantitative estimate of drug-likeness (QED) is 0.195. The summed E-state index contributed by atoms with van der Waals surface area (Å²) >= 11 is 0. The third-order valence-corrected chi connectivity index (χ3v) is 8.82. The van der Waals surface area contributed by atoms with Gasteiger partial charge in [-0.15, -0.1) is 0 Å². The monoisotopic (exact) mass is 627 g/mol. The van der Waals surface area contributed by atoms with Gasteiger partial charge < -0.3 is 30.7 Å². The van der Waals surface area contributed by atoms with Gasteiger partial charge in [-0.3, -0.25) is 14.6 Å². The van der Waals surface area contributed by atoms with Crippen molar-refractivity contribution < 1.29 is 29.3 Å². The minimum absolute atomic E-state index is 0.0442. The van der Waals surface area contributed by atoms with E-state index < -0.39 is 17.1 Å². The lowest BCUT2D eigenvalue weighted by molar-refractivity contribution is -0.126. The molecule has 11 nitrogen and oxygen atoms in total. The van der Waals surface area contributed by atoms with E-state index >= 15 is 0 Å². The van der Waals surface area contributed by atoms with Crippen molar-refractivity contribution in [2.75, 3.05) is 6.61 Å². The molecule has 3 heterocycles. The van der Waals surface area contributed by atoms with E-state index in [0.29, 0.717) is 22.8 Å². The summed E-state index contributed by atoms with van der Waals surface area (Å²) in [7, 11) is 0. The summed E-state index contributed by atoms with van der Waals surface area (Å²) in [6.07, 6.45) is 8.77. The van der Waals surface area contributed by atoms with E-state index in [2.05, 4.69) is 15.4 Å². The van der Waals surface area contributed by atoms with E-state index in [4.69, 9.17) is 15.2 Å². The molecule has 0 radical (unpaired) electrons. The zero-order valence-electron chi connectivity index (χ0n) is 26.6. The van der Waals surface area contributed by atoms with Crippen molar-refractivity contribution in [2.24, 2.45) is 11.1 Å². The number of nitrogens with two attached hydrogens (primary N) is 1. The number of rotatable bonds is 11. The average molecular weight is 628 g/mol. The van der Waals surface area contributed by atoms with Crippen LogP contribution in [0.25, 0.3) is 16.6 Å². The van der Waals surface area contributed by atoms with Crippen LogP contribution in [0, 0.1) is 5.41 Å². The van der Waals surface area contributed by atoms with Gasteiger partial charge in [-0.1, -0.05) is 12.1 Å². The van der Waals surface area contributed by atoms with E-state index in [1.165, 1.54) is 0 Å². The van der Waals surface area contributed by atoms with Gasteiger partial charge in [0.05, 0.1) is 47.3 Å². The van der Waals surface area contributed by atoms with E-state index in [0.717, 1.165) is 47.9 Å². The molecule has 3 aromatic heterocycles. The molecule has 242 valence electrons. The highest BCUT2D eigenvalue weighted by Gasteiger charge is 2.54. The first kappa shape index (κ1) is 31.5. The van der Waals surface area contributed by atoms with Crippen molar-refractivity contribution in [1.82, 2.24) is 19.9 Å². The van der Waals surface area contributed by atoms with Crippen LogP contribution in [-0.2, 0) is 16.8 Å². The average Bonchev–Trinajstić information content (AvgIpc) is 3.34. The molecule has 0 unspecified atom stereocenters. The molecule has 2 aliphatic rings. The van der Waals surface area contributed by atoms with Gasteiger partial charge >= 0.3 is 0 Å². The maximum Gasteiger partial charge on any atom is 0.252 e. The highest BCUT2D eigenvalue weighted by atomic mass is 16.5. The zero-order chi connectivity index (χ0) is 32.9. The highest BCUT2D eigenvalue weighted by molar-refractivity contribution is 5.96. The summed E-state index contributed by atoms with van der Waals surface area (Å²) in [4.78, 5) is 29.4. The van der Waals surface area contributed by atoms with Crippen LogP contribution < -0.4 is 20.5 Å². The topological polar surface area (TPSA) is 161 Å². The summed E-state index contributed by atoms with van der Waals surface area (Å²) in [6.45, 7) is 6.89. The lowest BCUT2D eigenvalue weighted by Crippen LogP contribution is -2.59. The summed E-state index contributed by atoms with van der Waals surface area (Å²) in [5.41, 5.74) is 8.03. The number of pyridine rings is 2. The van der Waals surface area contributed by atoms with Crippen molar-refractivity contribution in [3.8, 4) is 22.6 Å². The molecule has 0 saturated heterocycles.